The highest BCUT2D eigenvalue weighted by molar-refractivity contribution is 7.92. The third-order valence-corrected chi connectivity index (χ3v) is 5.12. The normalized spacial score (nSPS) is 11.0. The van der Waals surface area contributed by atoms with Gasteiger partial charge in [0.05, 0.1) is 22.7 Å². The second-order valence-electron chi connectivity index (χ2n) is 4.63. The lowest BCUT2D eigenvalue weighted by Gasteiger charge is -2.23. The zero-order valence-corrected chi connectivity index (χ0v) is 13.6. The third-order valence-electron chi connectivity index (χ3n) is 3.08. The molecule has 0 saturated carbocycles. The molecule has 120 valence electrons. The van der Waals surface area contributed by atoms with Gasteiger partial charge in [-0.3, -0.25) is 4.31 Å². The molecule has 0 aromatic heterocycles. The molecule has 0 heterocycles. The first-order chi connectivity index (χ1) is 10.9. The smallest absolute Gasteiger partial charge is 0.335 e. The lowest BCUT2D eigenvalue weighted by Crippen LogP contribution is -2.31. The van der Waals surface area contributed by atoms with E-state index < -0.39 is 16.0 Å². The highest BCUT2D eigenvalue weighted by atomic mass is 35.5. The predicted octanol–water partition coefficient (Wildman–Crippen LogP) is 3.42. The topological polar surface area (TPSA) is 74.7 Å². The highest BCUT2D eigenvalue weighted by Crippen LogP contribution is 2.25. The molecule has 0 fully saturated rings. The third kappa shape index (κ3) is 3.72. The number of carbonyl (C=O) groups is 1. The summed E-state index contributed by atoms with van der Waals surface area (Å²) in [7, 11) is -3.93. The van der Waals surface area contributed by atoms with Gasteiger partial charge in [0, 0.05) is 5.02 Å². The van der Waals surface area contributed by atoms with Crippen molar-refractivity contribution in [3.8, 4) is 0 Å². The molecule has 0 unspecified atom stereocenters. The molecule has 0 amide bonds. The fraction of sp³-hybridized carbons (Fsp3) is 0.0625. The summed E-state index contributed by atoms with van der Waals surface area (Å²) in [6, 6.07) is 11.5. The summed E-state index contributed by atoms with van der Waals surface area (Å²) >= 11 is 5.83. The van der Waals surface area contributed by atoms with Crippen molar-refractivity contribution in [1.82, 2.24) is 0 Å². The van der Waals surface area contributed by atoms with E-state index in [4.69, 9.17) is 16.7 Å². The first-order valence-corrected chi connectivity index (χ1v) is 8.40. The molecule has 1 N–H and O–H groups in total. The van der Waals surface area contributed by atoms with Crippen LogP contribution >= 0.6 is 11.6 Å². The lowest BCUT2D eigenvalue weighted by molar-refractivity contribution is 0.0696. The predicted molar refractivity (Wildman–Crippen MR) is 89.6 cm³/mol. The van der Waals surface area contributed by atoms with Crippen molar-refractivity contribution >= 4 is 33.3 Å². The Hall–Kier alpha value is -2.31. The van der Waals surface area contributed by atoms with Gasteiger partial charge in [0.1, 0.15) is 0 Å². The fourth-order valence-electron chi connectivity index (χ4n) is 1.98. The Labute approximate surface area is 139 Å². The zero-order valence-electron chi connectivity index (χ0n) is 12.0. The van der Waals surface area contributed by atoms with Gasteiger partial charge in [0.15, 0.2) is 0 Å². The molecule has 0 radical (unpaired) electrons. The molecule has 7 heteroatoms. The number of anilines is 1. The summed E-state index contributed by atoms with van der Waals surface area (Å²) in [6.07, 6.45) is 1.45. The van der Waals surface area contributed by atoms with Crippen LogP contribution in [0.2, 0.25) is 5.02 Å². The lowest BCUT2D eigenvalue weighted by atomic mass is 10.2. The molecule has 0 aliphatic heterocycles. The molecule has 0 saturated heterocycles. The minimum atomic E-state index is -3.93. The van der Waals surface area contributed by atoms with Crippen molar-refractivity contribution in [2.24, 2.45) is 0 Å². The average Bonchev–Trinajstić information content (AvgIpc) is 2.53. The molecule has 23 heavy (non-hydrogen) atoms. The van der Waals surface area contributed by atoms with Gasteiger partial charge in [-0.05, 0) is 42.5 Å². The second-order valence-corrected chi connectivity index (χ2v) is 6.93. The van der Waals surface area contributed by atoms with Gasteiger partial charge in [-0.15, -0.1) is 6.58 Å². The number of aromatic carboxylic acids is 1. The van der Waals surface area contributed by atoms with Crippen LogP contribution in [0.5, 0.6) is 0 Å². The maximum atomic E-state index is 12.8. The molecule has 0 aliphatic carbocycles. The Morgan fingerprint density at radius 2 is 1.87 bits per heavy atom. The van der Waals surface area contributed by atoms with Crippen molar-refractivity contribution in [2.45, 2.75) is 4.90 Å². The Morgan fingerprint density at radius 1 is 1.22 bits per heavy atom. The van der Waals surface area contributed by atoms with Gasteiger partial charge >= 0.3 is 5.97 Å². The van der Waals surface area contributed by atoms with Crippen molar-refractivity contribution in [3.63, 3.8) is 0 Å². The van der Waals surface area contributed by atoms with Crippen LogP contribution < -0.4 is 4.31 Å². The molecule has 5 nitrogen and oxygen atoms in total. The first-order valence-electron chi connectivity index (χ1n) is 6.59. The van der Waals surface area contributed by atoms with E-state index in [9.17, 15) is 13.2 Å². The summed E-state index contributed by atoms with van der Waals surface area (Å²) in [5.41, 5.74) is 0.316. The van der Waals surface area contributed by atoms with Crippen LogP contribution in [0.4, 0.5) is 5.69 Å². The number of carboxylic acid groups (broad SMARTS) is 1. The van der Waals surface area contributed by atoms with Gasteiger partial charge in [0.25, 0.3) is 10.0 Å². The summed E-state index contributed by atoms with van der Waals surface area (Å²) in [5.74, 6) is -1.19. The van der Waals surface area contributed by atoms with E-state index in [0.29, 0.717) is 10.7 Å². The van der Waals surface area contributed by atoms with Crippen molar-refractivity contribution in [2.75, 3.05) is 10.8 Å². The van der Waals surface area contributed by atoms with Crippen LogP contribution in [0.1, 0.15) is 10.4 Å². The van der Waals surface area contributed by atoms with Crippen molar-refractivity contribution in [3.05, 3.63) is 71.8 Å². The summed E-state index contributed by atoms with van der Waals surface area (Å²) in [6.45, 7) is 3.61. The number of carboxylic acids is 1. The number of hydrogen-bond acceptors (Lipinski definition) is 3. The minimum absolute atomic E-state index is 0.0429. The fourth-order valence-corrected chi connectivity index (χ4v) is 3.59. The molecule has 2 aromatic carbocycles. The Balaban J connectivity index is 2.52. The molecule has 0 spiro atoms. The number of rotatable bonds is 6. The van der Waals surface area contributed by atoms with E-state index in [-0.39, 0.29) is 17.0 Å². The molecule has 2 rings (SSSR count). The average molecular weight is 352 g/mol. The maximum Gasteiger partial charge on any atom is 0.335 e. The van der Waals surface area contributed by atoms with Crippen LogP contribution in [0.3, 0.4) is 0 Å². The van der Waals surface area contributed by atoms with Gasteiger partial charge in [-0.1, -0.05) is 23.7 Å². The van der Waals surface area contributed by atoms with Gasteiger partial charge in [0.2, 0.25) is 0 Å². The van der Waals surface area contributed by atoms with Crippen LogP contribution in [0, 0.1) is 0 Å². The monoisotopic (exact) mass is 351 g/mol. The molecule has 0 bridgehead atoms. The van der Waals surface area contributed by atoms with Crippen LogP contribution in [0.25, 0.3) is 0 Å². The highest BCUT2D eigenvalue weighted by Gasteiger charge is 2.24. The van der Waals surface area contributed by atoms with Gasteiger partial charge < -0.3 is 5.11 Å². The number of halogens is 1. The number of hydrogen-bond donors (Lipinski definition) is 1. The van der Waals surface area contributed by atoms with E-state index in [2.05, 4.69) is 6.58 Å². The van der Waals surface area contributed by atoms with Gasteiger partial charge in [-0.2, -0.15) is 0 Å². The second kappa shape index (κ2) is 6.85. The van der Waals surface area contributed by atoms with Crippen LogP contribution in [-0.2, 0) is 10.0 Å². The Bertz CT molecular complexity index is 831. The Kier molecular flexibility index (Phi) is 5.08. The minimum Gasteiger partial charge on any atom is -0.478 e. The van der Waals surface area contributed by atoms with E-state index in [1.807, 2.05) is 0 Å². The van der Waals surface area contributed by atoms with Crippen LogP contribution in [0.15, 0.2) is 66.1 Å². The van der Waals surface area contributed by atoms with E-state index >= 15 is 0 Å². The Morgan fingerprint density at radius 3 is 2.43 bits per heavy atom. The maximum absolute atomic E-state index is 12.8. The quantitative estimate of drug-likeness (QED) is 0.809. The van der Waals surface area contributed by atoms with E-state index in [1.54, 1.807) is 24.3 Å². The SMILES string of the molecule is C=CCN(c1ccc(Cl)cc1)S(=O)(=O)c1cccc(C(=O)O)c1. The standard InChI is InChI=1S/C16H14ClNO4S/c1-2-10-18(14-8-6-13(17)7-9-14)23(21,22)15-5-3-4-12(11-15)16(19)20/h2-9,11H,1,10H2,(H,19,20). The largest absolute Gasteiger partial charge is 0.478 e. The summed E-state index contributed by atoms with van der Waals surface area (Å²) < 4.78 is 26.8. The van der Waals surface area contributed by atoms with Crippen molar-refractivity contribution in [1.29, 1.82) is 0 Å². The molecular formula is C16H14ClNO4S. The van der Waals surface area contributed by atoms with Crippen molar-refractivity contribution < 1.29 is 18.3 Å². The van der Waals surface area contributed by atoms with Gasteiger partial charge in [-0.25, -0.2) is 13.2 Å². The van der Waals surface area contributed by atoms with E-state index in [0.717, 1.165) is 10.4 Å². The van der Waals surface area contributed by atoms with Crippen LogP contribution in [-0.4, -0.2) is 26.0 Å². The molecule has 0 aliphatic rings. The molecular weight excluding hydrogens is 338 g/mol. The van der Waals surface area contributed by atoms with E-state index in [1.165, 1.54) is 24.3 Å². The number of benzene rings is 2. The molecule has 0 atom stereocenters. The molecule has 2 aromatic rings. The number of sulfonamides is 1. The number of nitrogens with zero attached hydrogens (tertiary/aromatic N) is 1. The zero-order chi connectivity index (χ0) is 17.0. The summed E-state index contributed by atoms with van der Waals surface area (Å²) in [5, 5.41) is 9.51. The first kappa shape index (κ1) is 17.1. The summed E-state index contributed by atoms with van der Waals surface area (Å²) in [4.78, 5) is 10.9.